The van der Waals surface area contributed by atoms with Gasteiger partial charge >= 0.3 is 12.1 Å². The number of esters is 1. The van der Waals surface area contributed by atoms with Gasteiger partial charge in [0.2, 0.25) is 5.91 Å². The Bertz CT molecular complexity index is 1420. The van der Waals surface area contributed by atoms with E-state index in [1.807, 2.05) is 6.07 Å². The highest BCUT2D eigenvalue weighted by Gasteiger charge is 2.40. The molecule has 0 aliphatic rings. The van der Waals surface area contributed by atoms with Gasteiger partial charge in [-0.15, -0.1) is 11.3 Å². The van der Waals surface area contributed by atoms with Crippen molar-refractivity contribution < 1.29 is 28.7 Å². The van der Waals surface area contributed by atoms with Crippen molar-refractivity contribution in [3.8, 4) is 6.07 Å². The molecule has 0 saturated heterocycles. The molecule has 11 nitrogen and oxygen atoms in total. The second-order valence-electron chi connectivity index (χ2n) is 11.3. The van der Waals surface area contributed by atoms with Crippen molar-refractivity contribution >= 4 is 40.9 Å². The van der Waals surface area contributed by atoms with Gasteiger partial charge in [0.15, 0.2) is 5.69 Å². The molecular formula is C30H35N5O6S. The molecule has 2 aromatic rings. The number of nitriles is 1. The topological polar surface area (TPSA) is 151 Å². The Hall–Kier alpha value is -4.68. The van der Waals surface area contributed by atoms with E-state index in [2.05, 4.69) is 20.8 Å². The van der Waals surface area contributed by atoms with Crippen molar-refractivity contribution in [2.45, 2.75) is 71.2 Å². The first-order valence-corrected chi connectivity index (χ1v) is 13.8. The maximum absolute atomic E-state index is 13.8. The molecule has 0 saturated carbocycles. The Morgan fingerprint density at radius 3 is 2.31 bits per heavy atom. The number of nitrogens with zero attached hydrogens (tertiary/aromatic N) is 2. The highest BCUT2D eigenvalue weighted by atomic mass is 32.1. The van der Waals surface area contributed by atoms with Crippen molar-refractivity contribution in [1.29, 1.82) is 5.26 Å². The molecule has 1 aromatic heterocycles. The third-order valence-corrected chi connectivity index (χ3v) is 6.19. The van der Waals surface area contributed by atoms with Crippen LogP contribution >= 0.6 is 11.3 Å². The summed E-state index contributed by atoms with van der Waals surface area (Å²) in [5.74, 6) is -2.09. The summed E-state index contributed by atoms with van der Waals surface area (Å²) in [4.78, 5) is 56.6. The van der Waals surface area contributed by atoms with Crippen LogP contribution in [0.4, 0.5) is 10.5 Å². The summed E-state index contributed by atoms with van der Waals surface area (Å²) in [7, 11) is 0. The van der Waals surface area contributed by atoms with Crippen molar-refractivity contribution in [3.05, 3.63) is 75.3 Å². The maximum Gasteiger partial charge on any atom is 0.408 e. The molecule has 222 valence electrons. The van der Waals surface area contributed by atoms with E-state index in [9.17, 15) is 19.2 Å². The molecule has 2 rings (SSSR count). The number of hydrogen-bond acceptors (Lipinski definition) is 8. The number of ether oxygens (including phenoxy) is 2. The van der Waals surface area contributed by atoms with E-state index in [4.69, 9.17) is 21.3 Å². The lowest BCUT2D eigenvalue weighted by molar-refractivity contribution is -0.148. The van der Waals surface area contributed by atoms with Crippen LogP contribution in [0.3, 0.4) is 0 Å². The van der Waals surface area contributed by atoms with Crippen molar-refractivity contribution in [3.63, 3.8) is 0 Å². The highest BCUT2D eigenvalue weighted by Crippen LogP contribution is 2.22. The fourth-order valence-electron chi connectivity index (χ4n) is 3.55. The Labute approximate surface area is 249 Å². The van der Waals surface area contributed by atoms with Crippen LogP contribution in [0.2, 0.25) is 0 Å². The van der Waals surface area contributed by atoms with Gasteiger partial charge in [-0.25, -0.2) is 14.4 Å². The number of carbonyl (C=O) groups is 4. The molecule has 42 heavy (non-hydrogen) atoms. The zero-order valence-electron chi connectivity index (χ0n) is 24.5. The van der Waals surface area contributed by atoms with E-state index < -0.39 is 47.2 Å². The second kappa shape index (κ2) is 14.3. The number of benzene rings is 1. The molecule has 0 spiro atoms. The average Bonchev–Trinajstić information content (AvgIpc) is 3.35. The summed E-state index contributed by atoms with van der Waals surface area (Å²) in [5, 5.41) is 16.8. The van der Waals surface area contributed by atoms with Gasteiger partial charge in [-0.2, -0.15) is 5.26 Å². The lowest BCUT2D eigenvalue weighted by Crippen LogP contribution is -2.60. The maximum atomic E-state index is 13.8. The first-order valence-electron chi connectivity index (χ1n) is 13.0. The third-order valence-electron chi connectivity index (χ3n) is 5.20. The number of amides is 3. The van der Waals surface area contributed by atoms with Gasteiger partial charge in [-0.05, 0) is 59.8 Å². The molecule has 1 atom stereocenters. The molecule has 0 aliphatic carbocycles. The molecule has 0 radical (unpaired) electrons. The molecule has 3 N–H and O–H groups in total. The third kappa shape index (κ3) is 11.4. The van der Waals surface area contributed by atoms with Crippen LogP contribution in [0.15, 0.2) is 48.6 Å². The van der Waals surface area contributed by atoms with Gasteiger partial charge in [0.25, 0.3) is 5.91 Å². The van der Waals surface area contributed by atoms with Crippen LogP contribution in [0.25, 0.3) is 4.85 Å². The summed E-state index contributed by atoms with van der Waals surface area (Å²) in [5.41, 5.74) is -2.83. The van der Waals surface area contributed by atoms with Crippen molar-refractivity contribution in [2.24, 2.45) is 0 Å². The molecule has 12 heteroatoms. The van der Waals surface area contributed by atoms with E-state index in [1.54, 1.807) is 77.9 Å². The molecule has 0 aliphatic heterocycles. The van der Waals surface area contributed by atoms with E-state index in [0.29, 0.717) is 16.1 Å². The quantitative estimate of drug-likeness (QED) is 0.211. The fourth-order valence-corrected chi connectivity index (χ4v) is 4.29. The zero-order chi connectivity index (χ0) is 31.6. The lowest BCUT2D eigenvalue weighted by atomic mass is 9.88. The largest absolute Gasteiger partial charge is 0.457 e. The van der Waals surface area contributed by atoms with E-state index in [-0.39, 0.29) is 13.0 Å². The number of carbonyl (C=O) groups excluding carboxylic acids is 4. The van der Waals surface area contributed by atoms with Gasteiger partial charge < -0.3 is 25.4 Å². The summed E-state index contributed by atoms with van der Waals surface area (Å²) < 4.78 is 10.8. The molecular weight excluding hydrogens is 558 g/mol. The first kappa shape index (κ1) is 33.5. The highest BCUT2D eigenvalue weighted by molar-refractivity contribution is 7.12. The molecule has 1 aromatic carbocycles. The van der Waals surface area contributed by atoms with E-state index in [1.165, 1.54) is 17.4 Å². The number of thiophene rings is 1. The average molecular weight is 594 g/mol. The van der Waals surface area contributed by atoms with Crippen LogP contribution in [0, 0.1) is 17.9 Å². The lowest BCUT2D eigenvalue weighted by Gasteiger charge is -2.32. The van der Waals surface area contributed by atoms with E-state index in [0.717, 1.165) is 11.0 Å². The van der Waals surface area contributed by atoms with Gasteiger partial charge in [-0.1, -0.05) is 29.8 Å². The van der Waals surface area contributed by atoms with Crippen molar-refractivity contribution in [2.75, 3.05) is 6.54 Å². The Kier molecular flexibility index (Phi) is 11.4. The van der Waals surface area contributed by atoms with Gasteiger partial charge in [0.1, 0.15) is 27.7 Å². The molecule has 1 heterocycles. The normalized spacial score (nSPS) is 12.8. The number of rotatable bonds is 10. The zero-order valence-corrected chi connectivity index (χ0v) is 25.3. The van der Waals surface area contributed by atoms with Crippen LogP contribution in [-0.2, 0) is 36.8 Å². The van der Waals surface area contributed by atoms with Crippen LogP contribution in [0.5, 0.6) is 0 Å². The number of alkyl carbamates (subject to hydrolysis) is 1. The van der Waals surface area contributed by atoms with Crippen LogP contribution in [0.1, 0.15) is 56.9 Å². The summed E-state index contributed by atoms with van der Waals surface area (Å²) in [6.45, 7) is 17.1. The Morgan fingerprint density at radius 1 is 1.02 bits per heavy atom. The van der Waals surface area contributed by atoms with Crippen LogP contribution < -0.4 is 16.0 Å². The molecule has 0 bridgehead atoms. The first-order chi connectivity index (χ1) is 19.5. The predicted octanol–water partition coefficient (Wildman–Crippen LogP) is 4.31. The smallest absolute Gasteiger partial charge is 0.408 e. The predicted molar refractivity (Wildman–Crippen MR) is 157 cm³/mol. The summed E-state index contributed by atoms with van der Waals surface area (Å²) in [6, 6.07) is 11.8. The standard InChI is InChI=1S/C30H35N5O6S/c1-28(2,3)40-25(37)13-14-30(35-27(39)41-29(4,5)6,16-20-9-8-10-21(15-20)32-7)26(38)34-19-24(36)33-18-23-12-11-22(17-31)42-23/h8-15H,16,18-19H2,1-6H3,(H,33,36)(H,34,38)(H,35,39)/b14-13+. The van der Waals surface area contributed by atoms with E-state index >= 15 is 0 Å². The SMILES string of the molecule is [C-]#[N+]c1cccc(CC(/C=C/C(=O)OC(C)(C)C)(NC(=O)OC(C)(C)C)C(=O)NCC(=O)NCc2ccc(C#N)s2)c1. The molecule has 0 fully saturated rings. The minimum atomic E-state index is -1.92. The minimum absolute atomic E-state index is 0.157. The summed E-state index contributed by atoms with van der Waals surface area (Å²) >= 11 is 1.23. The Morgan fingerprint density at radius 2 is 1.71 bits per heavy atom. The van der Waals surface area contributed by atoms with Gasteiger partial charge in [-0.3, -0.25) is 9.59 Å². The monoisotopic (exact) mass is 593 g/mol. The van der Waals surface area contributed by atoms with Crippen molar-refractivity contribution in [1.82, 2.24) is 16.0 Å². The minimum Gasteiger partial charge on any atom is -0.457 e. The molecule has 3 amide bonds. The fraction of sp³-hybridized carbons (Fsp3) is 0.400. The molecule has 1 unspecified atom stereocenters. The van der Waals surface area contributed by atoms with Gasteiger partial charge in [0.05, 0.1) is 19.7 Å². The van der Waals surface area contributed by atoms with Crippen LogP contribution in [-0.4, -0.2) is 47.2 Å². The number of nitrogens with one attached hydrogen (secondary N) is 3. The summed E-state index contributed by atoms with van der Waals surface area (Å²) in [6.07, 6.45) is 1.10. The number of hydrogen-bond donors (Lipinski definition) is 3. The van der Waals surface area contributed by atoms with Gasteiger partial charge in [0, 0.05) is 17.4 Å². The Balaban J connectivity index is 2.40. The second-order valence-corrected chi connectivity index (χ2v) is 12.4.